The first-order valence-corrected chi connectivity index (χ1v) is 8.20. The molecule has 114 valence electrons. The van der Waals surface area contributed by atoms with Crippen LogP contribution in [0, 0.1) is 0 Å². The molecule has 1 aromatic rings. The highest BCUT2D eigenvalue weighted by atomic mass is 16.5. The van der Waals surface area contributed by atoms with E-state index in [1.807, 2.05) is 6.07 Å². The van der Waals surface area contributed by atoms with Gasteiger partial charge in [0.15, 0.2) is 0 Å². The molecule has 0 atom stereocenters. The zero-order chi connectivity index (χ0) is 14.6. The Labute approximate surface area is 124 Å². The molecule has 0 heterocycles. The first kappa shape index (κ1) is 16.9. The third kappa shape index (κ3) is 6.31. The molecule has 0 unspecified atom stereocenters. The molecule has 0 spiro atoms. The summed E-state index contributed by atoms with van der Waals surface area (Å²) in [5.74, 6) is 2.02. The van der Waals surface area contributed by atoms with Gasteiger partial charge in [0.05, 0.1) is 13.2 Å². The van der Waals surface area contributed by atoms with Crippen LogP contribution in [-0.4, -0.2) is 13.2 Å². The van der Waals surface area contributed by atoms with Gasteiger partial charge in [0.25, 0.3) is 0 Å². The number of hydrogen-bond acceptors (Lipinski definition) is 2. The average molecular weight is 278 g/mol. The highest BCUT2D eigenvalue weighted by Crippen LogP contribution is 2.26. The Hall–Kier alpha value is -1.18. The fraction of sp³-hybridized carbons (Fsp3) is 0.667. The molecule has 0 saturated carbocycles. The number of ether oxygens (including phenoxy) is 2. The maximum atomic E-state index is 5.90. The topological polar surface area (TPSA) is 18.5 Å². The largest absolute Gasteiger partial charge is 0.494 e. The van der Waals surface area contributed by atoms with E-state index in [1.54, 1.807) is 0 Å². The number of hydrogen-bond donors (Lipinski definition) is 0. The monoisotopic (exact) mass is 278 g/mol. The van der Waals surface area contributed by atoms with Crippen molar-refractivity contribution in [3.63, 3.8) is 0 Å². The van der Waals surface area contributed by atoms with Crippen LogP contribution in [0.1, 0.15) is 64.9 Å². The molecule has 1 rings (SSSR count). The van der Waals surface area contributed by atoms with E-state index in [0.29, 0.717) is 0 Å². The van der Waals surface area contributed by atoms with Gasteiger partial charge in [-0.3, -0.25) is 0 Å². The average Bonchev–Trinajstić information content (AvgIpc) is 2.47. The van der Waals surface area contributed by atoms with Gasteiger partial charge in [-0.2, -0.15) is 0 Å². The van der Waals surface area contributed by atoms with Gasteiger partial charge >= 0.3 is 0 Å². The number of unbranched alkanes of at least 4 members (excludes halogenated alkanes) is 3. The van der Waals surface area contributed by atoms with E-state index in [1.165, 1.54) is 31.2 Å². The van der Waals surface area contributed by atoms with Gasteiger partial charge in [0, 0.05) is 0 Å². The molecular weight excluding hydrogens is 248 g/mol. The third-order valence-electron chi connectivity index (χ3n) is 3.35. The van der Waals surface area contributed by atoms with Crippen molar-refractivity contribution in [1.82, 2.24) is 0 Å². The summed E-state index contributed by atoms with van der Waals surface area (Å²) in [4.78, 5) is 0. The van der Waals surface area contributed by atoms with Crippen LogP contribution >= 0.6 is 0 Å². The van der Waals surface area contributed by atoms with Crippen molar-refractivity contribution in [2.24, 2.45) is 0 Å². The summed E-state index contributed by atoms with van der Waals surface area (Å²) in [5, 5.41) is 0. The van der Waals surface area contributed by atoms with Crippen molar-refractivity contribution < 1.29 is 9.47 Å². The van der Waals surface area contributed by atoms with E-state index in [9.17, 15) is 0 Å². The summed E-state index contributed by atoms with van der Waals surface area (Å²) < 4.78 is 11.7. The zero-order valence-corrected chi connectivity index (χ0v) is 13.4. The van der Waals surface area contributed by atoms with Gasteiger partial charge < -0.3 is 9.47 Å². The maximum Gasteiger partial charge on any atom is 0.122 e. The maximum absolute atomic E-state index is 5.90. The molecule has 0 fully saturated rings. The van der Waals surface area contributed by atoms with Gasteiger partial charge in [-0.05, 0) is 49.4 Å². The van der Waals surface area contributed by atoms with Crippen LogP contribution in [0.2, 0.25) is 0 Å². The molecule has 0 bridgehead atoms. The highest BCUT2D eigenvalue weighted by Gasteiger charge is 2.06. The van der Waals surface area contributed by atoms with Crippen LogP contribution in [-0.2, 0) is 6.42 Å². The summed E-state index contributed by atoms with van der Waals surface area (Å²) in [7, 11) is 0. The standard InChI is InChI=1S/C18H30O2/c1-4-7-10-16-15-17(19-13-8-5-2)11-12-18(16)20-14-9-6-3/h11-12,15H,4-10,13-14H2,1-3H3. The molecule has 0 N–H and O–H groups in total. The van der Waals surface area contributed by atoms with Crippen LogP contribution < -0.4 is 9.47 Å². The third-order valence-corrected chi connectivity index (χ3v) is 3.35. The second-order valence-corrected chi connectivity index (χ2v) is 5.28. The molecule has 1 aromatic carbocycles. The van der Waals surface area contributed by atoms with Crippen LogP contribution in [0.15, 0.2) is 18.2 Å². The van der Waals surface area contributed by atoms with E-state index in [4.69, 9.17) is 9.47 Å². The van der Waals surface area contributed by atoms with Crippen molar-refractivity contribution in [3.05, 3.63) is 23.8 Å². The van der Waals surface area contributed by atoms with Crippen molar-refractivity contribution in [2.45, 2.75) is 65.7 Å². The molecule has 0 amide bonds. The van der Waals surface area contributed by atoms with Crippen LogP contribution in [0.3, 0.4) is 0 Å². The Kier molecular flexibility index (Phi) is 8.93. The normalized spacial score (nSPS) is 10.6. The summed E-state index contributed by atoms with van der Waals surface area (Å²) >= 11 is 0. The lowest BCUT2D eigenvalue weighted by atomic mass is 10.1. The van der Waals surface area contributed by atoms with Gasteiger partial charge in [-0.1, -0.05) is 40.0 Å². The number of rotatable bonds is 11. The molecule has 0 saturated heterocycles. The zero-order valence-electron chi connectivity index (χ0n) is 13.4. The van der Waals surface area contributed by atoms with Crippen molar-refractivity contribution in [2.75, 3.05) is 13.2 Å². The fourth-order valence-corrected chi connectivity index (χ4v) is 2.01. The minimum absolute atomic E-state index is 0.805. The molecular formula is C18H30O2. The second kappa shape index (κ2) is 10.6. The Morgan fingerprint density at radius 2 is 1.45 bits per heavy atom. The van der Waals surface area contributed by atoms with Crippen LogP contribution in [0.4, 0.5) is 0 Å². The first-order chi connectivity index (χ1) is 9.81. The quantitative estimate of drug-likeness (QED) is 0.505. The van der Waals surface area contributed by atoms with Crippen molar-refractivity contribution in [3.8, 4) is 11.5 Å². The Morgan fingerprint density at radius 3 is 2.10 bits per heavy atom. The molecule has 0 aliphatic heterocycles. The van der Waals surface area contributed by atoms with Crippen LogP contribution in [0.5, 0.6) is 11.5 Å². The van der Waals surface area contributed by atoms with E-state index in [-0.39, 0.29) is 0 Å². The minimum atomic E-state index is 0.805. The summed E-state index contributed by atoms with van der Waals surface area (Å²) in [6, 6.07) is 6.26. The molecule has 20 heavy (non-hydrogen) atoms. The van der Waals surface area contributed by atoms with Crippen LogP contribution in [0.25, 0.3) is 0 Å². The summed E-state index contributed by atoms with van der Waals surface area (Å²) in [5.41, 5.74) is 1.29. The van der Waals surface area contributed by atoms with Crippen molar-refractivity contribution >= 4 is 0 Å². The molecule has 0 aromatic heterocycles. The molecule has 0 aliphatic carbocycles. The van der Waals surface area contributed by atoms with Gasteiger partial charge in [-0.25, -0.2) is 0 Å². The molecule has 2 heteroatoms. The predicted octanol–water partition coefficient (Wildman–Crippen LogP) is 5.39. The second-order valence-electron chi connectivity index (χ2n) is 5.28. The summed E-state index contributed by atoms with van der Waals surface area (Å²) in [6.07, 6.45) is 8.03. The Morgan fingerprint density at radius 1 is 0.800 bits per heavy atom. The van der Waals surface area contributed by atoms with E-state index >= 15 is 0 Å². The Balaban J connectivity index is 2.66. The summed E-state index contributed by atoms with van der Waals surface area (Å²) in [6.45, 7) is 8.21. The Bertz CT molecular complexity index is 360. The van der Waals surface area contributed by atoms with Gasteiger partial charge in [0.2, 0.25) is 0 Å². The number of benzene rings is 1. The highest BCUT2D eigenvalue weighted by molar-refractivity contribution is 5.40. The van der Waals surface area contributed by atoms with Gasteiger partial charge in [0.1, 0.15) is 11.5 Å². The predicted molar refractivity (Wildman–Crippen MR) is 85.9 cm³/mol. The smallest absolute Gasteiger partial charge is 0.122 e. The first-order valence-electron chi connectivity index (χ1n) is 8.20. The molecule has 0 aliphatic rings. The van der Waals surface area contributed by atoms with E-state index < -0.39 is 0 Å². The SMILES string of the molecule is CCCCOc1ccc(OCCCC)c(CCCC)c1. The van der Waals surface area contributed by atoms with Gasteiger partial charge in [-0.15, -0.1) is 0 Å². The minimum Gasteiger partial charge on any atom is -0.494 e. The van der Waals surface area contributed by atoms with E-state index in [0.717, 1.165) is 44.0 Å². The lowest BCUT2D eigenvalue weighted by molar-refractivity contribution is 0.298. The molecule has 0 radical (unpaired) electrons. The van der Waals surface area contributed by atoms with E-state index in [2.05, 4.69) is 32.9 Å². The fourth-order valence-electron chi connectivity index (χ4n) is 2.01. The molecule has 2 nitrogen and oxygen atoms in total. The van der Waals surface area contributed by atoms with Crippen molar-refractivity contribution in [1.29, 1.82) is 0 Å². The lowest BCUT2D eigenvalue weighted by Crippen LogP contribution is -2.02. The lowest BCUT2D eigenvalue weighted by Gasteiger charge is -2.13. The number of aryl methyl sites for hydroxylation is 1.